The first kappa shape index (κ1) is 11.1. The normalized spacial score (nSPS) is 19.7. The third-order valence-corrected chi connectivity index (χ3v) is 2.94. The lowest BCUT2D eigenvalue weighted by molar-refractivity contribution is 0.0942. The molecule has 0 spiro atoms. The van der Waals surface area contributed by atoms with Gasteiger partial charge in [-0.05, 0) is 44.0 Å². The third kappa shape index (κ3) is 2.58. The van der Waals surface area contributed by atoms with Crippen LogP contribution in [0, 0.1) is 12.8 Å². The molecule has 1 aliphatic rings. The average Bonchev–Trinajstić information content (AvgIpc) is 2.79. The van der Waals surface area contributed by atoms with Crippen molar-refractivity contribution in [1.82, 2.24) is 15.6 Å². The quantitative estimate of drug-likeness (QED) is 0.788. The second-order valence-corrected chi connectivity index (χ2v) is 4.24. The van der Waals surface area contributed by atoms with Crippen LogP contribution in [0.4, 0.5) is 0 Å². The number of aryl methyl sites for hydroxylation is 1. The predicted octanol–water partition coefficient (Wildman–Crippen LogP) is 0.729. The first-order chi connectivity index (χ1) is 7.77. The fourth-order valence-electron chi connectivity index (χ4n) is 1.93. The maximum Gasteiger partial charge on any atom is 0.270 e. The van der Waals surface area contributed by atoms with Crippen molar-refractivity contribution in [2.24, 2.45) is 5.92 Å². The van der Waals surface area contributed by atoms with Crippen LogP contribution in [-0.4, -0.2) is 30.5 Å². The molecule has 1 unspecified atom stereocenters. The fourth-order valence-corrected chi connectivity index (χ4v) is 1.93. The summed E-state index contributed by atoms with van der Waals surface area (Å²) < 4.78 is 0. The van der Waals surface area contributed by atoms with Crippen molar-refractivity contribution in [2.45, 2.75) is 13.3 Å². The molecule has 1 saturated heterocycles. The summed E-state index contributed by atoms with van der Waals surface area (Å²) in [5.74, 6) is 0.498. The Kier molecular flexibility index (Phi) is 3.51. The standard InChI is InChI=1S/C12H17N3O/c1-9-3-2-5-14-11(9)12(16)15-8-10-4-6-13-7-10/h2-3,5,10,13H,4,6-8H2,1H3,(H,15,16). The second-order valence-electron chi connectivity index (χ2n) is 4.24. The number of rotatable bonds is 3. The maximum atomic E-state index is 11.8. The summed E-state index contributed by atoms with van der Waals surface area (Å²) in [5, 5.41) is 6.22. The predicted molar refractivity (Wildman–Crippen MR) is 62.3 cm³/mol. The molecule has 1 atom stereocenters. The molecule has 0 saturated carbocycles. The van der Waals surface area contributed by atoms with Gasteiger partial charge in [0, 0.05) is 12.7 Å². The zero-order chi connectivity index (χ0) is 11.4. The number of nitrogens with one attached hydrogen (secondary N) is 2. The molecule has 1 aliphatic heterocycles. The van der Waals surface area contributed by atoms with E-state index >= 15 is 0 Å². The van der Waals surface area contributed by atoms with Crippen LogP contribution >= 0.6 is 0 Å². The monoisotopic (exact) mass is 219 g/mol. The van der Waals surface area contributed by atoms with E-state index in [1.165, 1.54) is 0 Å². The van der Waals surface area contributed by atoms with Gasteiger partial charge in [-0.3, -0.25) is 9.78 Å². The zero-order valence-electron chi connectivity index (χ0n) is 9.49. The number of aromatic nitrogens is 1. The van der Waals surface area contributed by atoms with E-state index in [-0.39, 0.29) is 5.91 Å². The van der Waals surface area contributed by atoms with Crippen molar-refractivity contribution in [2.75, 3.05) is 19.6 Å². The van der Waals surface area contributed by atoms with Crippen LogP contribution in [0.2, 0.25) is 0 Å². The molecule has 1 aromatic heterocycles. The van der Waals surface area contributed by atoms with Crippen LogP contribution in [0.15, 0.2) is 18.3 Å². The first-order valence-corrected chi connectivity index (χ1v) is 5.68. The number of carbonyl (C=O) groups is 1. The van der Waals surface area contributed by atoms with Gasteiger partial charge >= 0.3 is 0 Å². The highest BCUT2D eigenvalue weighted by molar-refractivity contribution is 5.93. The number of carbonyl (C=O) groups excluding carboxylic acids is 1. The van der Waals surface area contributed by atoms with Gasteiger partial charge in [0.15, 0.2) is 0 Å². The molecule has 0 radical (unpaired) electrons. The molecule has 0 bridgehead atoms. The Morgan fingerprint density at radius 1 is 1.69 bits per heavy atom. The van der Waals surface area contributed by atoms with Crippen LogP contribution in [0.5, 0.6) is 0 Å². The molecule has 4 nitrogen and oxygen atoms in total. The zero-order valence-corrected chi connectivity index (χ0v) is 9.49. The number of pyridine rings is 1. The minimum absolute atomic E-state index is 0.0648. The summed E-state index contributed by atoms with van der Waals surface area (Å²) in [7, 11) is 0. The van der Waals surface area contributed by atoms with Gasteiger partial charge in [0.05, 0.1) is 0 Å². The Labute approximate surface area is 95.5 Å². The highest BCUT2D eigenvalue weighted by atomic mass is 16.1. The lowest BCUT2D eigenvalue weighted by atomic mass is 10.1. The van der Waals surface area contributed by atoms with E-state index in [9.17, 15) is 4.79 Å². The summed E-state index contributed by atoms with van der Waals surface area (Å²) in [6, 6.07) is 3.74. The number of hydrogen-bond donors (Lipinski definition) is 2. The highest BCUT2D eigenvalue weighted by Gasteiger charge is 2.16. The van der Waals surface area contributed by atoms with Gasteiger partial charge < -0.3 is 10.6 Å². The SMILES string of the molecule is Cc1cccnc1C(=O)NCC1CCNC1. The van der Waals surface area contributed by atoms with Gasteiger partial charge in [0.25, 0.3) is 5.91 Å². The van der Waals surface area contributed by atoms with Gasteiger partial charge in [-0.15, -0.1) is 0 Å². The van der Waals surface area contributed by atoms with E-state index < -0.39 is 0 Å². The molecule has 86 valence electrons. The number of nitrogens with zero attached hydrogens (tertiary/aromatic N) is 1. The van der Waals surface area contributed by atoms with Crippen molar-refractivity contribution < 1.29 is 4.79 Å². The minimum Gasteiger partial charge on any atom is -0.350 e. The lowest BCUT2D eigenvalue weighted by Gasteiger charge is -2.10. The van der Waals surface area contributed by atoms with Crippen molar-refractivity contribution in [3.63, 3.8) is 0 Å². The van der Waals surface area contributed by atoms with Crippen molar-refractivity contribution in [1.29, 1.82) is 0 Å². The van der Waals surface area contributed by atoms with E-state index in [4.69, 9.17) is 0 Å². The summed E-state index contributed by atoms with van der Waals surface area (Å²) in [6.45, 7) is 4.70. The van der Waals surface area contributed by atoms with Gasteiger partial charge in [-0.1, -0.05) is 6.07 Å². The average molecular weight is 219 g/mol. The lowest BCUT2D eigenvalue weighted by Crippen LogP contribution is -2.31. The largest absolute Gasteiger partial charge is 0.350 e. The molecule has 0 aliphatic carbocycles. The Balaban J connectivity index is 1.90. The maximum absolute atomic E-state index is 11.8. The van der Waals surface area contributed by atoms with Crippen LogP contribution in [-0.2, 0) is 0 Å². The first-order valence-electron chi connectivity index (χ1n) is 5.68. The summed E-state index contributed by atoms with van der Waals surface area (Å²) in [6.07, 6.45) is 2.79. The molecular formula is C12H17N3O. The van der Waals surface area contributed by atoms with Crippen LogP contribution in [0.25, 0.3) is 0 Å². The molecule has 0 aromatic carbocycles. The third-order valence-electron chi connectivity index (χ3n) is 2.94. The molecule has 2 rings (SSSR count). The molecule has 2 heterocycles. The Morgan fingerprint density at radius 3 is 3.25 bits per heavy atom. The Morgan fingerprint density at radius 2 is 2.56 bits per heavy atom. The van der Waals surface area contributed by atoms with Crippen molar-refractivity contribution in [3.8, 4) is 0 Å². The molecule has 1 amide bonds. The van der Waals surface area contributed by atoms with Gasteiger partial charge in [0.1, 0.15) is 5.69 Å². The van der Waals surface area contributed by atoms with E-state index in [1.807, 2.05) is 19.1 Å². The molecular weight excluding hydrogens is 202 g/mol. The molecule has 4 heteroatoms. The summed E-state index contributed by atoms with van der Waals surface area (Å²) in [5.41, 5.74) is 1.46. The van der Waals surface area contributed by atoms with E-state index in [0.717, 1.165) is 31.6 Å². The highest BCUT2D eigenvalue weighted by Crippen LogP contribution is 2.07. The van der Waals surface area contributed by atoms with Gasteiger partial charge in [-0.25, -0.2) is 0 Å². The van der Waals surface area contributed by atoms with Crippen molar-refractivity contribution in [3.05, 3.63) is 29.6 Å². The van der Waals surface area contributed by atoms with Gasteiger partial charge in [-0.2, -0.15) is 0 Å². The second kappa shape index (κ2) is 5.07. The molecule has 2 N–H and O–H groups in total. The van der Waals surface area contributed by atoms with E-state index in [1.54, 1.807) is 6.20 Å². The topological polar surface area (TPSA) is 54.0 Å². The molecule has 16 heavy (non-hydrogen) atoms. The molecule has 1 fully saturated rings. The van der Waals surface area contributed by atoms with Crippen LogP contribution in [0.1, 0.15) is 22.5 Å². The Hall–Kier alpha value is -1.42. The van der Waals surface area contributed by atoms with E-state index in [0.29, 0.717) is 11.6 Å². The number of hydrogen-bond acceptors (Lipinski definition) is 3. The number of amides is 1. The summed E-state index contributed by atoms with van der Waals surface area (Å²) >= 11 is 0. The fraction of sp³-hybridized carbons (Fsp3) is 0.500. The van der Waals surface area contributed by atoms with Crippen LogP contribution < -0.4 is 10.6 Å². The van der Waals surface area contributed by atoms with Crippen molar-refractivity contribution >= 4 is 5.91 Å². The smallest absolute Gasteiger partial charge is 0.270 e. The Bertz CT molecular complexity index is 372. The van der Waals surface area contributed by atoms with E-state index in [2.05, 4.69) is 15.6 Å². The minimum atomic E-state index is -0.0648. The summed E-state index contributed by atoms with van der Waals surface area (Å²) in [4.78, 5) is 15.9. The van der Waals surface area contributed by atoms with Crippen LogP contribution in [0.3, 0.4) is 0 Å². The van der Waals surface area contributed by atoms with Gasteiger partial charge in [0.2, 0.25) is 0 Å². The molecule has 1 aromatic rings.